The van der Waals surface area contributed by atoms with Gasteiger partial charge in [-0.1, -0.05) is 89.5 Å². The Morgan fingerprint density at radius 2 is 1.26 bits per heavy atom. The number of unbranched alkanes of at least 4 members (excludes halogenated alkanes) is 8. The van der Waals surface area contributed by atoms with Gasteiger partial charge in [0.15, 0.2) is 11.5 Å². The summed E-state index contributed by atoms with van der Waals surface area (Å²) >= 11 is 0. The van der Waals surface area contributed by atoms with E-state index >= 15 is 0 Å². The summed E-state index contributed by atoms with van der Waals surface area (Å²) in [5, 5.41) is 12.4. The number of benzene rings is 2. The van der Waals surface area contributed by atoms with E-state index in [0.717, 1.165) is 29.4 Å². The van der Waals surface area contributed by atoms with Crippen LogP contribution in [0.3, 0.4) is 0 Å². The minimum atomic E-state index is 0.170. The first-order chi connectivity index (χ1) is 13.3. The Kier molecular flexibility index (Phi) is 9.89. The largest absolute Gasteiger partial charge is 0.504 e. The van der Waals surface area contributed by atoms with Gasteiger partial charge in [0, 0.05) is 16.8 Å². The molecule has 0 fully saturated rings. The molecule has 0 heterocycles. The molecule has 0 amide bonds. The summed E-state index contributed by atoms with van der Waals surface area (Å²) in [7, 11) is 0. The van der Waals surface area contributed by atoms with Crippen molar-refractivity contribution in [2.75, 3.05) is 13.2 Å². The molecule has 27 heavy (non-hydrogen) atoms. The van der Waals surface area contributed by atoms with Crippen molar-refractivity contribution in [3.05, 3.63) is 30.3 Å². The molecule has 0 saturated carbocycles. The molecule has 2 aromatic carbocycles. The summed E-state index contributed by atoms with van der Waals surface area (Å²) in [5.74, 6) is 1.49. The standard InChI is InChI=1S/C24H36O3/c1-3-5-7-9-13-17-26-23-19-22(25)24(21-16-12-11-15-20(21)23)27-18-14-10-8-6-4-2/h11-12,15-16,19,25H,3-10,13-14,17-18H2,1-2H3. The maximum atomic E-state index is 10.5. The molecule has 0 atom stereocenters. The number of aromatic hydroxyl groups is 1. The van der Waals surface area contributed by atoms with Gasteiger partial charge in [0.25, 0.3) is 0 Å². The summed E-state index contributed by atoms with van der Waals surface area (Å²) in [5.41, 5.74) is 0. The van der Waals surface area contributed by atoms with Gasteiger partial charge in [-0.25, -0.2) is 0 Å². The summed E-state index contributed by atoms with van der Waals surface area (Å²) in [4.78, 5) is 0. The molecule has 1 N–H and O–H groups in total. The van der Waals surface area contributed by atoms with Crippen LogP contribution in [0.5, 0.6) is 17.2 Å². The first kappa shape index (κ1) is 21.4. The van der Waals surface area contributed by atoms with Crippen molar-refractivity contribution in [2.45, 2.75) is 78.1 Å². The summed E-state index contributed by atoms with van der Waals surface area (Å²) < 4.78 is 11.9. The number of phenols is 1. The van der Waals surface area contributed by atoms with Crippen LogP contribution in [0, 0.1) is 0 Å². The molecule has 2 rings (SSSR count). The van der Waals surface area contributed by atoms with E-state index in [1.54, 1.807) is 6.07 Å². The maximum Gasteiger partial charge on any atom is 0.168 e. The molecule has 0 aliphatic rings. The van der Waals surface area contributed by atoms with E-state index < -0.39 is 0 Å². The predicted octanol–water partition coefficient (Wildman–Crippen LogP) is 7.24. The van der Waals surface area contributed by atoms with Gasteiger partial charge < -0.3 is 14.6 Å². The first-order valence-electron chi connectivity index (χ1n) is 10.8. The smallest absolute Gasteiger partial charge is 0.168 e. The third-order valence-corrected chi connectivity index (χ3v) is 4.94. The van der Waals surface area contributed by atoms with E-state index in [1.807, 2.05) is 24.3 Å². The van der Waals surface area contributed by atoms with Gasteiger partial charge in [0.1, 0.15) is 5.75 Å². The SMILES string of the molecule is CCCCCCCOc1cc(O)c(OCCCCCCC)c2ccccc12. The second kappa shape index (κ2) is 12.5. The quantitative estimate of drug-likeness (QED) is 0.355. The van der Waals surface area contributed by atoms with Crippen LogP contribution in [0.4, 0.5) is 0 Å². The Labute approximate surface area is 164 Å². The molecule has 0 unspecified atom stereocenters. The van der Waals surface area contributed by atoms with Gasteiger partial charge in [-0.05, 0) is 12.8 Å². The van der Waals surface area contributed by atoms with E-state index in [4.69, 9.17) is 9.47 Å². The fourth-order valence-corrected chi connectivity index (χ4v) is 3.34. The molecule has 0 aliphatic heterocycles. The second-order valence-electron chi connectivity index (χ2n) is 7.29. The highest BCUT2D eigenvalue weighted by Gasteiger charge is 2.13. The van der Waals surface area contributed by atoms with Crippen LogP contribution in [0.2, 0.25) is 0 Å². The Balaban J connectivity index is 1.98. The molecular weight excluding hydrogens is 336 g/mol. The van der Waals surface area contributed by atoms with E-state index in [0.29, 0.717) is 19.0 Å². The lowest BCUT2D eigenvalue weighted by Crippen LogP contribution is -2.01. The van der Waals surface area contributed by atoms with Crippen LogP contribution in [-0.4, -0.2) is 18.3 Å². The zero-order chi connectivity index (χ0) is 19.3. The van der Waals surface area contributed by atoms with Crippen LogP contribution >= 0.6 is 0 Å². The second-order valence-corrected chi connectivity index (χ2v) is 7.29. The monoisotopic (exact) mass is 372 g/mol. The fourth-order valence-electron chi connectivity index (χ4n) is 3.34. The minimum Gasteiger partial charge on any atom is -0.504 e. The van der Waals surface area contributed by atoms with Crippen molar-refractivity contribution < 1.29 is 14.6 Å². The Morgan fingerprint density at radius 1 is 0.704 bits per heavy atom. The highest BCUT2D eigenvalue weighted by molar-refractivity contribution is 5.95. The molecule has 0 radical (unpaired) electrons. The topological polar surface area (TPSA) is 38.7 Å². The lowest BCUT2D eigenvalue weighted by atomic mass is 10.1. The Bertz CT molecular complexity index is 666. The van der Waals surface area contributed by atoms with Crippen molar-refractivity contribution in [2.24, 2.45) is 0 Å². The van der Waals surface area contributed by atoms with E-state index in [9.17, 15) is 5.11 Å². The van der Waals surface area contributed by atoms with Crippen LogP contribution in [-0.2, 0) is 0 Å². The molecule has 0 aromatic heterocycles. The van der Waals surface area contributed by atoms with Gasteiger partial charge in [-0.2, -0.15) is 0 Å². The Hall–Kier alpha value is -1.90. The van der Waals surface area contributed by atoms with Crippen LogP contribution < -0.4 is 9.47 Å². The molecule has 0 saturated heterocycles. The third-order valence-electron chi connectivity index (χ3n) is 4.94. The van der Waals surface area contributed by atoms with Gasteiger partial charge in [-0.15, -0.1) is 0 Å². The highest BCUT2D eigenvalue weighted by atomic mass is 16.5. The van der Waals surface area contributed by atoms with Crippen LogP contribution in [0.25, 0.3) is 10.8 Å². The molecule has 0 aliphatic carbocycles. The molecule has 0 bridgehead atoms. The zero-order valence-electron chi connectivity index (χ0n) is 17.1. The van der Waals surface area contributed by atoms with Crippen molar-refractivity contribution >= 4 is 10.8 Å². The van der Waals surface area contributed by atoms with Gasteiger partial charge >= 0.3 is 0 Å². The molecule has 2 aromatic rings. The van der Waals surface area contributed by atoms with Crippen molar-refractivity contribution in [1.82, 2.24) is 0 Å². The van der Waals surface area contributed by atoms with Crippen LogP contribution in [0.15, 0.2) is 30.3 Å². The lowest BCUT2D eigenvalue weighted by molar-refractivity contribution is 0.287. The third kappa shape index (κ3) is 6.97. The van der Waals surface area contributed by atoms with Crippen LogP contribution in [0.1, 0.15) is 78.1 Å². The number of hydrogen-bond acceptors (Lipinski definition) is 3. The van der Waals surface area contributed by atoms with Gasteiger partial charge in [0.2, 0.25) is 0 Å². The number of fused-ring (bicyclic) bond motifs is 1. The van der Waals surface area contributed by atoms with Crippen molar-refractivity contribution in [3.8, 4) is 17.2 Å². The number of ether oxygens (including phenoxy) is 2. The van der Waals surface area contributed by atoms with E-state index in [-0.39, 0.29) is 5.75 Å². The van der Waals surface area contributed by atoms with Gasteiger partial charge in [-0.3, -0.25) is 0 Å². The maximum absolute atomic E-state index is 10.5. The normalized spacial score (nSPS) is 11.0. The molecule has 3 nitrogen and oxygen atoms in total. The van der Waals surface area contributed by atoms with Crippen molar-refractivity contribution in [3.63, 3.8) is 0 Å². The summed E-state index contributed by atoms with van der Waals surface area (Å²) in [6, 6.07) is 9.72. The van der Waals surface area contributed by atoms with Gasteiger partial charge in [0.05, 0.1) is 13.2 Å². The number of phenolic OH excluding ortho intramolecular Hbond substituents is 1. The average Bonchev–Trinajstić information content (AvgIpc) is 2.69. The van der Waals surface area contributed by atoms with E-state index in [2.05, 4.69) is 13.8 Å². The first-order valence-corrected chi connectivity index (χ1v) is 10.8. The average molecular weight is 373 g/mol. The van der Waals surface area contributed by atoms with Crippen molar-refractivity contribution in [1.29, 1.82) is 0 Å². The zero-order valence-corrected chi connectivity index (χ0v) is 17.1. The summed E-state index contributed by atoms with van der Waals surface area (Å²) in [6.07, 6.45) is 12.0. The summed E-state index contributed by atoms with van der Waals surface area (Å²) in [6.45, 7) is 5.76. The highest BCUT2D eigenvalue weighted by Crippen LogP contribution is 2.41. The lowest BCUT2D eigenvalue weighted by Gasteiger charge is -2.15. The molecule has 0 spiro atoms. The molecular formula is C24H36O3. The number of rotatable bonds is 14. The Morgan fingerprint density at radius 3 is 1.89 bits per heavy atom. The number of hydrogen-bond donors (Lipinski definition) is 1. The molecule has 150 valence electrons. The predicted molar refractivity (Wildman–Crippen MR) is 114 cm³/mol. The minimum absolute atomic E-state index is 0.170. The molecule has 3 heteroatoms. The fraction of sp³-hybridized carbons (Fsp3) is 0.583. The van der Waals surface area contributed by atoms with E-state index in [1.165, 1.54) is 51.4 Å².